The number of ether oxygens (including phenoxy) is 1. The van der Waals surface area contributed by atoms with Crippen LogP contribution in [0.15, 0.2) is 47.4 Å². The molecule has 23 heavy (non-hydrogen) atoms. The van der Waals surface area contributed by atoms with Crippen LogP contribution in [0.25, 0.3) is 0 Å². The molecule has 8 heteroatoms. The minimum atomic E-state index is -2.60. The molecule has 0 bridgehead atoms. The van der Waals surface area contributed by atoms with Crippen LogP contribution in [0.3, 0.4) is 0 Å². The highest BCUT2D eigenvalue weighted by Crippen LogP contribution is 2.31. The Kier molecular flexibility index (Phi) is 5.64. The maximum Gasteiger partial charge on any atom is 0.356 e. The van der Waals surface area contributed by atoms with Crippen LogP contribution < -0.4 is 5.32 Å². The van der Waals surface area contributed by atoms with E-state index in [1.165, 1.54) is 37.4 Å². The van der Waals surface area contributed by atoms with Gasteiger partial charge in [0.25, 0.3) is 11.7 Å². The van der Waals surface area contributed by atoms with Gasteiger partial charge in [0.1, 0.15) is 11.4 Å². The van der Waals surface area contributed by atoms with Crippen LogP contribution in [0.1, 0.15) is 21.0 Å². The number of aromatic nitrogens is 1. The van der Waals surface area contributed by atoms with Gasteiger partial charge in [0.05, 0.1) is 12.8 Å². The highest BCUT2D eigenvalue weighted by atomic mass is 32.2. The highest BCUT2D eigenvalue weighted by molar-refractivity contribution is 7.99. The number of alkyl halides is 2. The van der Waals surface area contributed by atoms with Crippen molar-refractivity contribution >= 4 is 29.3 Å². The van der Waals surface area contributed by atoms with E-state index in [0.29, 0.717) is 11.8 Å². The number of hydrogen-bond acceptors (Lipinski definition) is 5. The zero-order chi connectivity index (χ0) is 16.8. The lowest BCUT2D eigenvalue weighted by Gasteiger charge is -2.10. The number of carbonyl (C=O) groups excluding carboxylic acids is 2. The molecule has 0 saturated carbocycles. The number of carbonyl (C=O) groups is 2. The standard InChI is InChI=1S/C15H12F2N2O3S/c1-22-14(21)11-7-4-6-10(18-11)13(20)19-9-5-2-3-8-12(9)23-15(16)17/h2-8,15H,1H3,(H,19,20). The van der Waals surface area contributed by atoms with Gasteiger partial charge in [-0.25, -0.2) is 9.78 Å². The molecule has 2 aromatic rings. The lowest BCUT2D eigenvalue weighted by Crippen LogP contribution is -2.16. The Balaban J connectivity index is 2.21. The van der Waals surface area contributed by atoms with E-state index in [0.717, 1.165) is 0 Å². The number of amides is 1. The molecule has 2 rings (SSSR count). The molecular weight excluding hydrogens is 326 g/mol. The summed E-state index contributed by atoms with van der Waals surface area (Å²) in [4.78, 5) is 27.7. The van der Waals surface area contributed by atoms with Gasteiger partial charge in [-0.3, -0.25) is 4.79 Å². The highest BCUT2D eigenvalue weighted by Gasteiger charge is 2.15. The molecule has 5 nitrogen and oxygen atoms in total. The Labute approximate surface area is 135 Å². The smallest absolute Gasteiger partial charge is 0.356 e. The van der Waals surface area contributed by atoms with Crippen molar-refractivity contribution in [3.05, 3.63) is 53.9 Å². The molecule has 0 radical (unpaired) electrons. The number of nitrogens with zero attached hydrogens (tertiary/aromatic N) is 1. The topological polar surface area (TPSA) is 68.3 Å². The molecule has 1 aromatic carbocycles. The normalized spacial score (nSPS) is 10.4. The molecule has 0 aliphatic heterocycles. The Morgan fingerprint density at radius 2 is 1.83 bits per heavy atom. The predicted molar refractivity (Wildman–Crippen MR) is 81.8 cm³/mol. The van der Waals surface area contributed by atoms with E-state index in [1.54, 1.807) is 12.1 Å². The molecule has 0 saturated heterocycles. The van der Waals surface area contributed by atoms with Crippen LogP contribution in [-0.2, 0) is 4.74 Å². The molecule has 1 N–H and O–H groups in total. The first-order valence-corrected chi connectivity index (χ1v) is 7.30. The van der Waals surface area contributed by atoms with Crippen LogP contribution in [-0.4, -0.2) is 29.7 Å². The molecule has 0 aliphatic rings. The Morgan fingerprint density at radius 1 is 1.13 bits per heavy atom. The second-order valence-corrected chi connectivity index (χ2v) is 5.26. The molecule has 0 atom stereocenters. The van der Waals surface area contributed by atoms with E-state index in [4.69, 9.17) is 0 Å². The van der Waals surface area contributed by atoms with E-state index in [9.17, 15) is 18.4 Å². The SMILES string of the molecule is COC(=O)c1cccc(C(=O)Nc2ccccc2SC(F)F)n1. The average Bonchev–Trinajstić information content (AvgIpc) is 2.55. The first-order valence-electron chi connectivity index (χ1n) is 6.42. The first-order chi connectivity index (χ1) is 11.0. The zero-order valence-electron chi connectivity index (χ0n) is 12.0. The maximum atomic E-state index is 12.5. The van der Waals surface area contributed by atoms with E-state index >= 15 is 0 Å². The summed E-state index contributed by atoms with van der Waals surface area (Å²) < 4.78 is 29.6. The number of anilines is 1. The van der Waals surface area contributed by atoms with Crippen molar-refractivity contribution in [2.24, 2.45) is 0 Å². The van der Waals surface area contributed by atoms with E-state index in [-0.39, 0.29) is 22.0 Å². The number of pyridine rings is 1. The molecule has 120 valence electrons. The van der Waals surface area contributed by atoms with E-state index < -0.39 is 17.6 Å². The van der Waals surface area contributed by atoms with Gasteiger partial charge in [-0.05, 0) is 24.3 Å². The van der Waals surface area contributed by atoms with Gasteiger partial charge in [0.2, 0.25) is 0 Å². The van der Waals surface area contributed by atoms with Crippen LogP contribution in [0.5, 0.6) is 0 Å². The van der Waals surface area contributed by atoms with Crippen LogP contribution >= 0.6 is 11.8 Å². The Hall–Kier alpha value is -2.48. The molecular formula is C15H12F2N2O3S. The quantitative estimate of drug-likeness (QED) is 0.668. The summed E-state index contributed by atoms with van der Waals surface area (Å²) in [7, 11) is 1.20. The molecule has 1 amide bonds. The number of halogens is 2. The Bertz CT molecular complexity index is 725. The number of para-hydroxylation sites is 1. The summed E-state index contributed by atoms with van der Waals surface area (Å²) in [6, 6.07) is 10.5. The minimum Gasteiger partial charge on any atom is -0.464 e. The van der Waals surface area contributed by atoms with Crippen LogP contribution in [0, 0.1) is 0 Å². The number of rotatable bonds is 5. The second-order valence-electron chi connectivity index (χ2n) is 4.23. The van der Waals surface area contributed by atoms with Crippen molar-refractivity contribution in [2.45, 2.75) is 10.7 Å². The summed E-state index contributed by atoms with van der Waals surface area (Å²) in [5.41, 5.74) is 0.202. The lowest BCUT2D eigenvalue weighted by molar-refractivity contribution is 0.0594. The summed E-state index contributed by atoms with van der Waals surface area (Å²) in [6.45, 7) is 0. The van der Waals surface area contributed by atoms with Gasteiger partial charge >= 0.3 is 5.97 Å². The second kappa shape index (κ2) is 7.68. The minimum absolute atomic E-state index is 0.0182. The predicted octanol–water partition coefficient (Wildman–Crippen LogP) is 3.44. The number of nitrogens with one attached hydrogen (secondary N) is 1. The van der Waals surface area contributed by atoms with Crippen molar-refractivity contribution in [3.8, 4) is 0 Å². The van der Waals surface area contributed by atoms with E-state index in [2.05, 4.69) is 15.0 Å². The van der Waals surface area contributed by atoms with Gasteiger partial charge in [0, 0.05) is 4.90 Å². The van der Waals surface area contributed by atoms with Gasteiger partial charge in [-0.1, -0.05) is 30.0 Å². The lowest BCUT2D eigenvalue weighted by atomic mass is 10.2. The average molecular weight is 338 g/mol. The molecule has 0 unspecified atom stereocenters. The Morgan fingerprint density at radius 3 is 2.52 bits per heavy atom. The fraction of sp³-hybridized carbons (Fsp3) is 0.133. The van der Waals surface area contributed by atoms with E-state index in [1.807, 2.05) is 0 Å². The summed E-state index contributed by atoms with van der Waals surface area (Å²) >= 11 is 0.331. The third-order valence-corrected chi connectivity index (χ3v) is 3.52. The van der Waals surface area contributed by atoms with Crippen molar-refractivity contribution < 1.29 is 23.1 Å². The third-order valence-electron chi connectivity index (χ3n) is 2.73. The van der Waals surface area contributed by atoms with Crippen LogP contribution in [0.2, 0.25) is 0 Å². The number of benzene rings is 1. The van der Waals surface area contributed by atoms with Crippen molar-refractivity contribution in [2.75, 3.05) is 12.4 Å². The number of hydrogen-bond donors (Lipinski definition) is 1. The number of methoxy groups -OCH3 is 1. The van der Waals surface area contributed by atoms with Gasteiger partial charge < -0.3 is 10.1 Å². The zero-order valence-corrected chi connectivity index (χ0v) is 12.8. The van der Waals surface area contributed by atoms with Crippen LogP contribution in [0.4, 0.5) is 14.5 Å². The first kappa shape index (κ1) is 16.9. The molecule has 0 aliphatic carbocycles. The largest absolute Gasteiger partial charge is 0.464 e. The maximum absolute atomic E-state index is 12.5. The molecule has 0 spiro atoms. The van der Waals surface area contributed by atoms with Gasteiger partial charge in [-0.2, -0.15) is 8.78 Å². The fourth-order valence-corrected chi connectivity index (χ4v) is 2.33. The molecule has 1 heterocycles. The summed E-state index contributed by atoms with van der Waals surface area (Å²) in [6.07, 6.45) is 0. The van der Waals surface area contributed by atoms with Crippen molar-refractivity contribution in [3.63, 3.8) is 0 Å². The van der Waals surface area contributed by atoms with Crippen molar-refractivity contribution in [1.82, 2.24) is 4.98 Å². The third kappa shape index (κ3) is 4.49. The van der Waals surface area contributed by atoms with Gasteiger partial charge in [-0.15, -0.1) is 0 Å². The molecule has 1 aromatic heterocycles. The summed E-state index contributed by atoms with van der Waals surface area (Å²) in [5, 5.41) is 2.51. The summed E-state index contributed by atoms with van der Waals surface area (Å²) in [5.74, 6) is -3.89. The number of esters is 1. The number of thioether (sulfide) groups is 1. The molecule has 0 fully saturated rings. The fourth-order valence-electron chi connectivity index (χ4n) is 1.73. The monoisotopic (exact) mass is 338 g/mol. The van der Waals surface area contributed by atoms with Gasteiger partial charge in [0.15, 0.2) is 0 Å². The van der Waals surface area contributed by atoms with Crippen molar-refractivity contribution in [1.29, 1.82) is 0 Å².